The van der Waals surface area contributed by atoms with Crippen molar-refractivity contribution < 1.29 is 19.1 Å². The first kappa shape index (κ1) is 14.5. The van der Waals surface area contributed by atoms with Gasteiger partial charge >= 0.3 is 0 Å². The second kappa shape index (κ2) is 7.62. The highest BCUT2D eigenvalue weighted by Crippen LogP contribution is 2.18. The van der Waals surface area contributed by atoms with E-state index < -0.39 is 0 Å². The average molecular weight is 278 g/mol. The first-order chi connectivity index (χ1) is 9.79. The molecule has 0 fully saturated rings. The molecule has 0 spiro atoms. The van der Waals surface area contributed by atoms with E-state index in [4.69, 9.17) is 14.0 Å². The number of aromatic nitrogens is 2. The van der Waals surface area contributed by atoms with E-state index in [1.165, 1.54) is 0 Å². The fourth-order valence-corrected chi connectivity index (χ4v) is 1.69. The monoisotopic (exact) mass is 278 g/mol. The first-order valence-electron chi connectivity index (χ1n) is 6.44. The zero-order chi connectivity index (χ0) is 14.2. The molecule has 0 aliphatic heterocycles. The summed E-state index contributed by atoms with van der Waals surface area (Å²) in [5.41, 5.74) is 0.763. The molecule has 0 aliphatic carbocycles. The highest BCUT2D eigenvalue weighted by molar-refractivity contribution is 5.33. The van der Waals surface area contributed by atoms with Gasteiger partial charge in [0.2, 0.25) is 5.89 Å². The van der Waals surface area contributed by atoms with Crippen molar-refractivity contribution in [3.05, 3.63) is 41.5 Å². The van der Waals surface area contributed by atoms with Crippen molar-refractivity contribution in [1.29, 1.82) is 0 Å². The van der Waals surface area contributed by atoms with Gasteiger partial charge in [-0.15, -0.1) is 0 Å². The van der Waals surface area contributed by atoms with Crippen molar-refractivity contribution >= 4 is 0 Å². The van der Waals surface area contributed by atoms with E-state index in [9.17, 15) is 5.11 Å². The predicted molar refractivity (Wildman–Crippen MR) is 71.6 cm³/mol. The molecule has 2 aromatic rings. The minimum absolute atomic E-state index is 0.232. The van der Waals surface area contributed by atoms with Crippen molar-refractivity contribution in [3.63, 3.8) is 0 Å². The molecule has 1 heterocycles. The maximum absolute atomic E-state index is 9.68. The Morgan fingerprint density at radius 2 is 2.05 bits per heavy atom. The summed E-state index contributed by atoms with van der Waals surface area (Å²) in [6.07, 6.45) is 1.01. The lowest BCUT2D eigenvalue weighted by Gasteiger charge is -2.00. The molecule has 0 atom stereocenters. The Labute approximate surface area is 117 Å². The van der Waals surface area contributed by atoms with Crippen molar-refractivity contribution in [2.45, 2.75) is 12.8 Å². The standard InChI is InChI=1S/C14H18N2O4/c1-18-8-9-19-7-6-13-15-14(20-16-13)10-11-4-2-3-5-12(11)17/h2-5,17H,6-10H2,1H3. The zero-order valence-electron chi connectivity index (χ0n) is 11.4. The number of benzene rings is 1. The molecule has 108 valence electrons. The highest BCUT2D eigenvalue weighted by Gasteiger charge is 2.09. The van der Waals surface area contributed by atoms with Crippen LogP contribution in [0.3, 0.4) is 0 Å². The lowest BCUT2D eigenvalue weighted by molar-refractivity contribution is 0.0714. The van der Waals surface area contributed by atoms with Gasteiger partial charge in [-0.2, -0.15) is 4.98 Å². The minimum Gasteiger partial charge on any atom is -0.508 e. The van der Waals surface area contributed by atoms with Crippen LogP contribution >= 0.6 is 0 Å². The normalized spacial score (nSPS) is 10.8. The maximum Gasteiger partial charge on any atom is 0.231 e. The van der Waals surface area contributed by atoms with Gasteiger partial charge in [0.1, 0.15) is 5.75 Å². The number of hydrogen-bond acceptors (Lipinski definition) is 6. The Morgan fingerprint density at radius 1 is 1.20 bits per heavy atom. The molecule has 0 bridgehead atoms. The number of methoxy groups -OCH3 is 1. The van der Waals surface area contributed by atoms with Gasteiger partial charge in [-0.05, 0) is 6.07 Å². The van der Waals surface area contributed by atoms with Gasteiger partial charge < -0.3 is 19.1 Å². The molecular weight excluding hydrogens is 260 g/mol. The molecule has 2 rings (SSSR count). The third-order valence-electron chi connectivity index (χ3n) is 2.75. The summed E-state index contributed by atoms with van der Waals surface area (Å²) in [6.45, 7) is 1.66. The molecule has 0 unspecified atom stereocenters. The van der Waals surface area contributed by atoms with E-state index in [2.05, 4.69) is 10.1 Å². The number of ether oxygens (including phenoxy) is 2. The summed E-state index contributed by atoms with van der Waals surface area (Å²) in [6, 6.07) is 7.09. The van der Waals surface area contributed by atoms with Gasteiger partial charge in [0.25, 0.3) is 0 Å². The van der Waals surface area contributed by atoms with Gasteiger partial charge in [-0.3, -0.25) is 0 Å². The van der Waals surface area contributed by atoms with Crippen molar-refractivity contribution in [3.8, 4) is 5.75 Å². The molecule has 0 amide bonds. The molecule has 1 aromatic carbocycles. The molecule has 0 saturated heterocycles. The van der Waals surface area contributed by atoms with Crippen molar-refractivity contribution in [1.82, 2.24) is 10.1 Å². The Bertz CT molecular complexity index is 527. The largest absolute Gasteiger partial charge is 0.508 e. The summed E-state index contributed by atoms with van der Waals surface area (Å²) >= 11 is 0. The fourth-order valence-electron chi connectivity index (χ4n) is 1.69. The Morgan fingerprint density at radius 3 is 2.85 bits per heavy atom. The Kier molecular flexibility index (Phi) is 5.52. The highest BCUT2D eigenvalue weighted by atomic mass is 16.5. The minimum atomic E-state index is 0.232. The van der Waals surface area contributed by atoms with Crippen LogP contribution in [0.15, 0.2) is 28.8 Å². The maximum atomic E-state index is 9.68. The van der Waals surface area contributed by atoms with E-state index in [1.54, 1.807) is 19.2 Å². The predicted octanol–water partition coefficient (Wildman–Crippen LogP) is 1.57. The van der Waals surface area contributed by atoms with Crippen LogP contribution in [0.4, 0.5) is 0 Å². The Hall–Kier alpha value is -1.92. The van der Waals surface area contributed by atoms with Gasteiger partial charge in [-0.25, -0.2) is 0 Å². The average Bonchev–Trinajstić information content (AvgIpc) is 2.89. The van der Waals surface area contributed by atoms with E-state index in [0.717, 1.165) is 5.56 Å². The van der Waals surface area contributed by atoms with E-state index in [0.29, 0.717) is 44.4 Å². The van der Waals surface area contributed by atoms with E-state index in [1.807, 2.05) is 12.1 Å². The molecule has 1 N–H and O–H groups in total. The van der Waals surface area contributed by atoms with Gasteiger partial charge in [0.05, 0.1) is 26.2 Å². The second-order valence-electron chi connectivity index (χ2n) is 4.27. The number of para-hydroxylation sites is 1. The van der Waals surface area contributed by atoms with Crippen molar-refractivity contribution in [2.24, 2.45) is 0 Å². The molecule has 0 saturated carbocycles. The summed E-state index contributed by atoms with van der Waals surface area (Å²) in [7, 11) is 1.63. The van der Waals surface area contributed by atoms with Crippen LogP contribution < -0.4 is 0 Å². The summed E-state index contributed by atoms with van der Waals surface area (Å²) in [5.74, 6) is 1.32. The third-order valence-corrected chi connectivity index (χ3v) is 2.75. The number of hydrogen-bond donors (Lipinski definition) is 1. The van der Waals surface area contributed by atoms with Gasteiger partial charge in [0.15, 0.2) is 5.82 Å². The fraction of sp³-hybridized carbons (Fsp3) is 0.429. The van der Waals surface area contributed by atoms with Crippen LogP contribution in [0.5, 0.6) is 5.75 Å². The van der Waals surface area contributed by atoms with Crippen LogP contribution in [-0.4, -0.2) is 42.2 Å². The summed E-state index contributed by atoms with van der Waals surface area (Å²) in [5, 5.41) is 13.6. The number of aromatic hydroxyl groups is 1. The zero-order valence-corrected chi connectivity index (χ0v) is 11.4. The molecule has 6 heteroatoms. The lowest BCUT2D eigenvalue weighted by atomic mass is 10.1. The Balaban J connectivity index is 1.82. The molecule has 0 radical (unpaired) electrons. The molecular formula is C14H18N2O4. The summed E-state index contributed by atoms with van der Waals surface area (Å²) in [4.78, 5) is 4.26. The number of nitrogens with zero attached hydrogens (tertiary/aromatic N) is 2. The number of phenolic OH excluding ortho intramolecular Hbond substituents is 1. The molecule has 1 aromatic heterocycles. The van der Waals surface area contributed by atoms with Crippen LogP contribution in [-0.2, 0) is 22.3 Å². The topological polar surface area (TPSA) is 77.6 Å². The lowest BCUT2D eigenvalue weighted by Crippen LogP contribution is -2.05. The smallest absolute Gasteiger partial charge is 0.231 e. The van der Waals surface area contributed by atoms with Crippen LogP contribution in [0.1, 0.15) is 17.3 Å². The molecule has 0 aliphatic rings. The first-order valence-corrected chi connectivity index (χ1v) is 6.44. The van der Waals surface area contributed by atoms with E-state index in [-0.39, 0.29) is 5.75 Å². The van der Waals surface area contributed by atoms with Gasteiger partial charge in [-0.1, -0.05) is 23.4 Å². The summed E-state index contributed by atoms with van der Waals surface area (Å²) < 4.78 is 15.4. The van der Waals surface area contributed by atoms with Crippen LogP contribution in [0.25, 0.3) is 0 Å². The van der Waals surface area contributed by atoms with Crippen molar-refractivity contribution in [2.75, 3.05) is 26.9 Å². The quantitative estimate of drug-likeness (QED) is 0.738. The van der Waals surface area contributed by atoms with Gasteiger partial charge in [0, 0.05) is 19.1 Å². The van der Waals surface area contributed by atoms with Crippen LogP contribution in [0.2, 0.25) is 0 Å². The van der Waals surface area contributed by atoms with E-state index >= 15 is 0 Å². The SMILES string of the molecule is COCCOCCc1noc(Cc2ccccc2O)n1. The number of rotatable bonds is 8. The molecule has 6 nitrogen and oxygen atoms in total. The third kappa shape index (κ3) is 4.32. The number of phenols is 1. The second-order valence-corrected chi connectivity index (χ2v) is 4.27. The molecule has 20 heavy (non-hydrogen) atoms. The van der Waals surface area contributed by atoms with Crippen LogP contribution in [0, 0.1) is 0 Å².